The summed E-state index contributed by atoms with van der Waals surface area (Å²) in [6.45, 7) is 3.02. The number of aryl methyl sites for hydroxylation is 1. The van der Waals surface area contributed by atoms with Crippen molar-refractivity contribution in [3.05, 3.63) is 59.7 Å². The van der Waals surface area contributed by atoms with E-state index in [2.05, 4.69) is 59.6 Å². The molecule has 1 N–H and O–H groups in total. The van der Waals surface area contributed by atoms with Gasteiger partial charge in [0.15, 0.2) is 0 Å². The fourth-order valence-corrected chi connectivity index (χ4v) is 2.47. The Morgan fingerprint density at radius 2 is 1.82 bits per heavy atom. The molecule has 118 valence electrons. The third-order valence-electron chi connectivity index (χ3n) is 3.69. The molecule has 3 nitrogen and oxygen atoms in total. The van der Waals surface area contributed by atoms with Gasteiger partial charge in [-0.25, -0.2) is 0 Å². The average molecular weight is 298 g/mol. The lowest BCUT2D eigenvalue weighted by atomic mass is 10.1. The van der Waals surface area contributed by atoms with E-state index < -0.39 is 0 Å². The van der Waals surface area contributed by atoms with Crippen molar-refractivity contribution in [3.8, 4) is 5.75 Å². The maximum Gasteiger partial charge on any atom is 0.143 e. The first-order valence-electron chi connectivity index (χ1n) is 7.76. The molecule has 2 aromatic carbocycles. The molecule has 0 spiro atoms. The van der Waals surface area contributed by atoms with E-state index in [1.807, 2.05) is 27.2 Å². The van der Waals surface area contributed by atoms with Crippen LogP contribution in [0.5, 0.6) is 5.75 Å². The molecule has 0 saturated heterocycles. The second-order valence-electron chi connectivity index (χ2n) is 5.78. The first-order valence-corrected chi connectivity index (χ1v) is 7.76. The van der Waals surface area contributed by atoms with Crippen LogP contribution >= 0.6 is 0 Å². The molecule has 3 heteroatoms. The fourth-order valence-electron chi connectivity index (χ4n) is 2.47. The number of rotatable bonds is 7. The summed E-state index contributed by atoms with van der Waals surface area (Å²) in [4.78, 5) is 2.10. The van der Waals surface area contributed by atoms with E-state index in [0.717, 1.165) is 24.4 Å². The molecule has 0 fully saturated rings. The standard InChI is InChI=1S/C19H26N2O/c1-15-10-11-19(17(14-15)21(3)4)22-18(12-13-20-2)16-8-6-5-7-9-16/h5-11,14,18,20H,12-13H2,1-4H3. The number of hydrogen-bond donors (Lipinski definition) is 1. The van der Waals surface area contributed by atoms with Crippen LogP contribution in [0.1, 0.15) is 23.7 Å². The van der Waals surface area contributed by atoms with Crippen molar-refractivity contribution in [3.63, 3.8) is 0 Å². The van der Waals surface area contributed by atoms with Crippen molar-refractivity contribution in [2.24, 2.45) is 0 Å². The van der Waals surface area contributed by atoms with Gasteiger partial charge in [-0.1, -0.05) is 36.4 Å². The lowest BCUT2D eigenvalue weighted by Crippen LogP contribution is -2.18. The summed E-state index contributed by atoms with van der Waals surface area (Å²) in [6, 6.07) is 16.8. The Balaban J connectivity index is 2.27. The van der Waals surface area contributed by atoms with Crippen LogP contribution in [0.15, 0.2) is 48.5 Å². The molecule has 0 amide bonds. The first kappa shape index (κ1) is 16.4. The Bertz CT molecular complexity index is 581. The molecule has 0 saturated carbocycles. The summed E-state index contributed by atoms with van der Waals surface area (Å²) >= 11 is 0. The smallest absolute Gasteiger partial charge is 0.143 e. The van der Waals surface area contributed by atoms with Crippen molar-refractivity contribution in [2.75, 3.05) is 32.6 Å². The Hall–Kier alpha value is -2.00. The lowest BCUT2D eigenvalue weighted by Gasteiger charge is -2.24. The Kier molecular flexibility index (Phi) is 5.84. The molecule has 1 atom stereocenters. The van der Waals surface area contributed by atoms with E-state index in [0.29, 0.717) is 0 Å². The zero-order valence-electron chi connectivity index (χ0n) is 14.0. The van der Waals surface area contributed by atoms with E-state index in [4.69, 9.17) is 4.74 Å². The van der Waals surface area contributed by atoms with Gasteiger partial charge in [0.1, 0.15) is 11.9 Å². The molecule has 0 heterocycles. The van der Waals surface area contributed by atoms with E-state index >= 15 is 0 Å². The number of benzene rings is 2. The molecule has 0 radical (unpaired) electrons. The highest BCUT2D eigenvalue weighted by Crippen LogP contribution is 2.33. The summed E-state index contributed by atoms with van der Waals surface area (Å²) in [5, 5.41) is 3.21. The number of ether oxygens (including phenoxy) is 1. The van der Waals surface area contributed by atoms with E-state index in [9.17, 15) is 0 Å². The van der Waals surface area contributed by atoms with Crippen molar-refractivity contribution >= 4 is 5.69 Å². The molecule has 22 heavy (non-hydrogen) atoms. The van der Waals surface area contributed by atoms with Crippen LogP contribution in [0, 0.1) is 6.92 Å². The van der Waals surface area contributed by atoms with Crippen molar-refractivity contribution in [1.82, 2.24) is 5.32 Å². The predicted octanol–water partition coefficient (Wildman–Crippen LogP) is 3.79. The lowest BCUT2D eigenvalue weighted by molar-refractivity contribution is 0.195. The van der Waals surface area contributed by atoms with E-state index in [-0.39, 0.29) is 6.10 Å². The number of anilines is 1. The summed E-state index contributed by atoms with van der Waals surface area (Å²) in [5.41, 5.74) is 3.57. The molecular formula is C19H26N2O. The van der Waals surface area contributed by atoms with Crippen LogP contribution in [0.3, 0.4) is 0 Å². The molecule has 1 unspecified atom stereocenters. The molecular weight excluding hydrogens is 272 g/mol. The Morgan fingerprint density at radius 1 is 1.09 bits per heavy atom. The van der Waals surface area contributed by atoms with Gasteiger partial charge >= 0.3 is 0 Å². The van der Waals surface area contributed by atoms with E-state index in [1.54, 1.807) is 0 Å². The molecule has 2 rings (SSSR count). The maximum absolute atomic E-state index is 6.37. The minimum absolute atomic E-state index is 0.0510. The monoisotopic (exact) mass is 298 g/mol. The minimum atomic E-state index is 0.0510. The molecule has 0 bridgehead atoms. The second kappa shape index (κ2) is 7.85. The molecule has 0 aliphatic carbocycles. The average Bonchev–Trinajstić information content (AvgIpc) is 2.53. The first-order chi connectivity index (χ1) is 10.6. The molecule has 0 aromatic heterocycles. The van der Waals surface area contributed by atoms with Crippen LogP contribution in [0.2, 0.25) is 0 Å². The summed E-state index contributed by atoms with van der Waals surface area (Å²) in [6.07, 6.45) is 0.983. The van der Waals surface area contributed by atoms with Gasteiger partial charge in [-0.15, -0.1) is 0 Å². The Morgan fingerprint density at radius 3 is 2.45 bits per heavy atom. The van der Waals surface area contributed by atoms with Crippen LogP contribution in [0.25, 0.3) is 0 Å². The second-order valence-corrected chi connectivity index (χ2v) is 5.78. The minimum Gasteiger partial charge on any atom is -0.484 e. The highest BCUT2D eigenvalue weighted by atomic mass is 16.5. The largest absolute Gasteiger partial charge is 0.484 e. The fraction of sp³-hybridized carbons (Fsp3) is 0.368. The summed E-state index contributed by atoms with van der Waals surface area (Å²) in [7, 11) is 6.07. The van der Waals surface area contributed by atoms with Crippen molar-refractivity contribution in [1.29, 1.82) is 0 Å². The van der Waals surface area contributed by atoms with E-state index in [1.165, 1.54) is 11.1 Å². The third-order valence-corrected chi connectivity index (χ3v) is 3.69. The number of hydrogen-bond acceptors (Lipinski definition) is 3. The topological polar surface area (TPSA) is 24.5 Å². The van der Waals surface area contributed by atoms with Gasteiger partial charge in [0.05, 0.1) is 5.69 Å². The normalized spacial score (nSPS) is 12.0. The summed E-state index contributed by atoms with van der Waals surface area (Å²) < 4.78 is 6.37. The van der Waals surface area contributed by atoms with Gasteiger partial charge in [-0.05, 0) is 43.8 Å². The molecule has 0 aliphatic rings. The van der Waals surface area contributed by atoms with Crippen LogP contribution in [0.4, 0.5) is 5.69 Å². The SMILES string of the molecule is CNCCC(Oc1ccc(C)cc1N(C)C)c1ccccc1. The zero-order chi connectivity index (χ0) is 15.9. The van der Waals surface area contributed by atoms with Gasteiger partial charge in [0, 0.05) is 20.5 Å². The Labute approximate surface area is 133 Å². The van der Waals surface area contributed by atoms with Crippen LogP contribution in [-0.2, 0) is 0 Å². The van der Waals surface area contributed by atoms with Crippen molar-refractivity contribution < 1.29 is 4.74 Å². The number of nitrogens with zero attached hydrogens (tertiary/aromatic N) is 1. The number of nitrogens with one attached hydrogen (secondary N) is 1. The van der Waals surface area contributed by atoms with Gasteiger partial charge in [0.25, 0.3) is 0 Å². The highest BCUT2D eigenvalue weighted by molar-refractivity contribution is 5.59. The quantitative estimate of drug-likeness (QED) is 0.841. The summed E-state index contributed by atoms with van der Waals surface area (Å²) in [5.74, 6) is 0.931. The van der Waals surface area contributed by atoms with Gasteiger partial charge in [-0.3, -0.25) is 0 Å². The maximum atomic E-state index is 6.37. The van der Waals surface area contributed by atoms with Gasteiger partial charge in [0.2, 0.25) is 0 Å². The molecule has 0 aliphatic heterocycles. The van der Waals surface area contributed by atoms with Gasteiger partial charge in [-0.2, -0.15) is 0 Å². The van der Waals surface area contributed by atoms with Crippen LogP contribution in [-0.4, -0.2) is 27.7 Å². The molecule has 2 aromatic rings. The van der Waals surface area contributed by atoms with Gasteiger partial charge < -0.3 is 15.0 Å². The van der Waals surface area contributed by atoms with Crippen molar-refractivity contribution in [2.45, 2.75) is 19.4 Å². The van der Waals surface area contributed by atoms with Crippen LogP contribution < -0.4 is 15.0 Å². The third kappa shape index (κ3) is 4.25. The highest BCUT2D eigenvalue weighted by Gasteiger charge is 2.15. The predicted molar refractivity (Wildman–Crippen MR) is 93.9 cm³/mol. The zero-order valence-corrected chi connectivity index (χ0v) is 14.0.